The molecule has 0 atom stereocenters. The third-order valence-electron chi connectivity index (χ3n) is 2.77. The number of nitrogens with one attached hydrogen (secondary N) is 1. The van der Waals surface area contributed by atoms with Gasteiger partial charge in [0.15, 0.2) is 11.5 Å². The molecular weight excluding hydrogens is 228 g/mol. The molecule has 0 aliphatic rings. The minimum atomic E-state index is 0.152. The van der Waals surface area contributed by atoms with E-state index >= 15 is 0 Å². The van der Waals surface area contributed by atoms with Crippen molar-refractivity contribution in [2.75, 3.05) is 12.4 Å². The fourth-order valence-corrected chi connectivity index (χ4v) is 1.68. The van der Waals surface area contributed by atoms with Crippen LogP contribution >= 0.6 is 0 Å². The van der Waals surface area contributed by atoms with Gasteiger partial charge in [0.2, 0.25) is 0 Å². The standard InChI is InChI=1S/C14H16N2O2/c1-10-5-6-15-9-12(10)16-8-11-3-4-13(17)14(7-11)18-2/h3-7,9,16-17H,8H2,1-2H3. The van der Waals surface area contributed by atoms with Crippen molar-refractivity contribution in [1.82, 2.24) is 4.98 Å². The Kier molecular flexibility index (Phi) is 3.67. The summed E-state index contributed by atoms with van der Waals surface area (Å²) in [5.41, 5.74) is 3.19. The third kappa shape index (κ3) is 2.71. The van der Waals surface area contributed by atoms with Crippen LogP contribution in [0.4, 0.5) is 5.69 Å². The van der Waals surface area contributed by atoms with E-state index in [1.165, 1.54) is 7.11 Å². The molecule has 0 aliphatic carbocycles. The summed E-state index contributed by atoms with van der Waals surface area (Å²) < 4.78 is 5.07. The zero-order chi connectivity index (χ0) is 13.0. The second-order valence-corrected chi connectivity index (χ2v) is 4.05. The quantitative estimate of drug-likeness (QED) is 0.868. The van der Waals surface area contributed by atoms with Crippen LogP contribution in [0.15, 0.2) is 36.7 Å². The van der Waals surface area contributed by atoms with Gasteiger partial charge in [-0.05, 0) is 36.2 Å². The molecule has 2 rings (SSSR count). The van der Waals surface area contributed by atoms with Crippen molar-refractivity contribution < 1.29 is 9.84 Å². The molecule has 0 spiro atoms. The molecule has 4 heteroatoms. The lowest BCUT2D eigenvalue weighted by Gasteiger charge is -2.10. The van der Waals surface area contributed by atoms with E-state index in [2.05, 4.69) is 10.3 Å². The molecule has 2 N–H and O–H groups in total. The number of aryl methyl sites for hydroxylation is 1. The van der Waals surface area contributed by atoms with Crippen LogP contribution in [-0.4, -0.2) is 17.2 Å². The lowest BCUT2D eigenvalue weighted by Crippen LogP contribution is -2.01. The zero-order valence-electron chi connectivity index (χ0n) is 10.5. The monoisotopic (exact) mass is 244 g/mol. The molecule has 1 aromatic heterocycles. The summed E-state index contributed by atoms with van der Waals surface area (Å²) in [6.07, 6.45) is 3.57. The summed E-state index contributed by atoms with van der Waals surface area (Å²) in [5.74, 6) is 0.635. The molecule has 94 valence electrons. The predicted octanol–water partition coefficient (Wildman–Crippen LogP) is 2.72. The molecule has 0 amide bonds. The van der Waals surface area contributed by atoms with Gasteiger partial charge in [0.1, 0.15) is 0 Å². The molecule has 0 fully saturated rings. The van der Waals surface area contributed by atoms with Crippen LogP contribution in [0.1, 0.15) is 11.1 Å². The molecule has 18 heavy (non-hydrogen) atoms. The number of ether oxygens (including phenoxy) is 1. The SMILES string of the molecule is COc1cc(CNc2cnccc2C)ccc1O. The topological polar surface area (TPSA) is 54.4 Å². The maximum absolute atomic E-state index is 9.51. The maximum Gasteiger partial charge on any atom is 0.160 e. The maximum atomic E-state index is 9.51. The van der Waals surface area contributed by atoms with Gasteiger partial charge in [0.25, 0.3) is 0 Å². The third-order valence-corrected chi connectivity index (χ3v) is 2.77. The van der Waals surface area contributed by atoms with Crippen molar-refractivity contribution in [2.45, 2.75) is 13.5 Å². The van der Waals surface area contributed by atoms with E-state index in [-0.39, 0.29) is 5.75 Å². The molecule has 0 saturated carbocycles. The predicted molar refractivity (Wildman–Crippen MR) is 71.0 cm³/mol. The van der Waals surface area contributed by atoms with Crippen molar-refractivity contribution in [3.63, 3.8) is 0 Å². The molecule has 0 radical (unpaired) electrons. The minimum Gasteiger partial charge on any atom is -0.504 e. The summed E-state index contributed by atoms with van der Waals surface area (Å²) in [6, 6.07) is 7.26. The van der Waals surface area contributed by atoms with Crippen molar-refractivity contribution >= 4 is 5.69 Å². The number of aromatic hydroxyl groups is 1. The number of pyridine rings is 1. The Morgan fingerprint density at radius 1 is 1.33 bits per heavy atom. The average Bonchev–Trinajstić information content (AvgIpc) is 2.39. The van der Waals surface area contributed by atoms with E-state index in [0.717, 1.165) is 16.8 Å². The first-order valence-electron chi connectivity index (χ1n) is 5.71. The minimum absolute atomic E-state index is 0.152. The highest BCUT2D eigenvalue weighted by molar-refractivity contribution is 5.49. The normalized spacial score (nSPS) is 10.1. The summed E-state index contributed by atoms with van der Waals surface area (Å²) in [5, 5.41) is 12.8. The van der Waals surface area contributed by atoms with Gasteiger partial charge in [-0.3, -0.25) is 4.98 Å². The number of rotatable bonds is 4. The number of methoxy groups -OCH3 is 1. The van der Waals surface area contributed by atoms with Crippen molar-refractivity contribution in [3.05, 3.63) is 47.8 Å². The van der Waals surface area contributed by atoms with Crippen LogP contribution in [0.3, 0.4) is 0 Å². The van der Waals surface area contributed by atoms with Crippen LogP contribution in [0.2, 0.25) is 0 Å². The Balaban J connectivity index is 2.09. The fraction of sp³-hybridized carbons (Fsp3) is 0.214. The largest absolute Gasteiger partial charge is 0.504 e. The number of hydrogen-bond donors (Lipinski definition) is 2. The number of aromatic nitrogens is 1. The fourth-order valence-electron chi connectivity index (χ4n) is 1.68. The van der Waals surface area contributed by atoms with Crippen LogP contribution in [0.25, 0.3) is 0 Å². The van der Waals surface area contributed by atoms with E-state index < -0.39 is 0 Å². The highest BCUT2D eigenvalue weighted by atomic mass is 16.5. The first-order valence-corrected chi connectivity index (χ1v) is 5.71. The first kappa shape index (κ1) is 12.2. The molecule has 0 unspecified atom stereocenters. The summed E-state index contributed by atoms with van der Waals surface area (Å²) in [7, 11) is 1.54. The summed E-state index contributed by atoms with van der Waals surface area (Å²) >= 11 is 0. The van der Waals surface area contributed by atoms with Gasteiger partial charge in [-0.15, -0.1) is 0 Å². The average molecular weight is 244 g/mol. The number of nitrogens with zero attached hydrogens (tertiary/aromatic N) is 1. The van der Waals surface area contributed by atoms with Gasteiger partial charge in [0.05, 0.1) is 19.0 Å². The van der Waals surface area contributed by atoms with Crippen LogP contribution < -0.4 is 10.1 Å². The van der Waals surface area contributed by atoms with E-state index in [1.807, 2.05) is 25.1 Å². The lowest BCUT2D eigenvalue weighted by atomic mass is 10.2. The highest BCUT2D eigenvalue weighted by Gasteiger charge is 2.03. The van der Waals surface area contributed by atoms with Crippen LogP contribution in [0, 0.1) is 6.92 Å². The van der Waals surface area contributed by atoms with Gasteiger partial charge >= 0.3 is 0 Å². The Morgan fingerprint density at radius 2 is 2.17 bits per heavy atom. The number of phenolic OH excluding ortho intramolecular Hbond substituents is 1. The van der Waals surface area contributed by atoms with Crippen molar-refractivity contribution in [1.29, 1.82) is 0 Å². The van der Waals surface area contributed by atoms with E-state index in [9.17, 15) is 5.11 Å². The van der Waals surface area contributed by atoms with Crippen LogP contribution in [-0.2, 0) is 6.54 Å². The van der Waals surface area contributed by atoms with Gasteiger partial charge < -0.3 is 15.2 Å². The number of anilines is 1. The number of phenols is 1. The number of hydrogen-bond acceptors (Lipinski definition) is 4. The Bertz CT molecular complexity index is 541. The van der Waals surface area contributed by atoms with Crippen molar-refractivity contribution in [2.24, 2.45) is 0 Å². The van der Waals surface area contributed by atoms with Gasteiger partial charge in [0, 0.05) is 12.7 Å². The molecule has 0 bridgehead atoms. The second kappa shape index (κ2) is 5.40. The van der Waals surface area contributed by atoms with Gasteiger partial charge in [-0.2, -0.15) is 0 Å². The molecule has 4 nitrogen and oxygen atoms in total. The Hall–Kier alpha value is -2.23. The smallest absolute Gasteiger partial charge is 0.160 e. The van der Waals surface area contributed by atoms with Crippen molar-refractivity contribution in [3.8, 4) is 11.5 Å². The highest BCUT2D eigenvalue weighted by Crippen LogP contribution is 2.26. The van der Waals surface area contributed by atoms with E-state index in [1.54, 1.807) is 18.5 Å². The lowest BCUT2D eigenvalue weighted by molar-refractivity contribution is 0.373. The van der Waals surface area contributed by atoms with Crippen LogP contribution in [0.5, 0.6) is 11.5 Å². The molecule has 0 aliphatic heterocycles. The number of benzene rings is 1. The molecule has 0 saturated heterocycles. The zero-order valence-corrected chi connectivity index (χ0v) is 10.5. The Morgan fingerprint density at radius 3 is 2.89 bits per heavy atom. The molecule has 1 heterocycles. The second-order valence-electron chi connectivity index (χ2n) is 4.05. The summed E-state index contributed by atoms with van der Waals surface area (Å²) in [6.45, 7) is 2.69. The molecule has 1 aromatic carbocycles. The summed E-state index contributed by atoms with van der Waals surface area (Å²) in [4.78, 5) is 4.08. The van der Waals surface area contributed by atoms with E-state index in [4.69, 9.17) is 4.74 Å². The van der Waals surface area contributed by atoms with Gasteiger partial charge in [-0.1, -0.05) is 6.07 Å². The first-order chi connectivity index (χ1) is 8.70. The molecule has 2 aromatic rings. The molecular formula is C14H16N2O2. The van der Waals surface area contributed by atoms with E-state index in [0.29, 0.717) is 12.3 Å². The van der Waals surface area contributed by atoms with Gasteiger partial charge in [-0.25, -0.2) is 0 Å². The Labute approximate surface area is 106 Å².